The van der Waals surface area contributed by atoms with E-state index in [1.165, 1.54) is 11.6 Å². The van der Waals surface area contributed by atoms with Gasteiger partial charge in [-0.25, -0.2) is 4.79 Å². The summed E-state index contributed by atoms with van der Waals surface area (Å²) in [7, 11) is 0. The van der Waals surface area contributed by atoms with Gasteiger partial charge in [-0.1, -0.05) is 65.8 Å². The minimum Gasteiger partial charge on any atom is -0.507 e. The average molecular weight is 392 g/mol. The Kier molecular flexibility index (Phi) is 7.84. The zero-order valence-corrected chi connectivity index (χ0v) is 17.1. The fourth-order valence-corrected chi connectivity index (χ4v) is 2.99. The van der Waals surface area contributed by atoms with Crippen molar-refractivity contribution >= 4 is 18.1 Å². The third-order valence-electron chi connectivity index (χ3n) is 4.63. The third-order valence-corrected chi connectivity index (χ3v) is 4.63. The number of carbonyl (C=O) groups is 1. The van der Waals surface area contributed by atoms with Crippen LogP contribution in [0.3, 0.4) is 0 Å². The van der Waals surface area contributed by atoms with Crippen LogP contribution in [-0.2, 0) is 6.42 Å². The van der Waals surface area contributed by atoms with Gasteiger partial charge in [0.15, 0.2) is 0 Å². The van der Waals surface area contributed by atoms with Crippen molar-refractivity contribution in [3.05, 3.63) is 82.0 Å². The van der Waals surface area contributed by atoms with Crippen LogP contribution in [0.2, 0.25) is 0 Å². The predicted octanol–water partition coefficient (Wildman–Crippen LogP) is 6.20. The molecule has 0 aliphatic carbocycles. The highest BCUT2D eigenvalue weighted by Gasteiger charge is 2.20. The molecule has 0 aliphatic heterocycles. The minimum absolute atomic E-state index is 0.117. The second kappa shape index (κ2) is 10.3. The van der Waals surface area contributed by atoms with Crippen molar-refractivity contribution in [2.24, 2.45) is 0 Å². The first-order chi connectivity index (χ1) is 13.8. The zero-order chi connectivity index (χ0) is 21.4. The molecule has 0 saturated carbocycles. The van der Waals surface area contributed by atoms with Gasteiger partial charge >= 0.3 is 5.97 Å². The third kappa shape index (κ3) is 6.39. The molecule has 3 N–H and O–H groups in total. The molecule has 0 heterocycles. The van der Waals surface area contributed by atoms with Crippen molar-refractivity contribution in [2.45, 2.75) is 40.0 Å². The molecular formula is C25H28O4. The Labute approximate surface area is 172 Å². The molecule has 29 heavy (non-hydrogen) atoms. The van der Waals surface area contributed by atoms with Gasteiger partial charge in [-0.2, -0.15) is 0 Å². The first-order valence-electron chi connectivity index (χ1n) is 9.62. The molecule has 0 radical (unpaired) electrons. The highest BCUT2D eigenvalue weighted by atomic mass is 16.4. The van der Waals surface area contributed by atoms with Gasteiger partial charge < -0.3 is 15.3 Å². The quantitative estimate of drug-likeness (QED) is 0.369. The second-order valence-electron chi connectivity index (χ2n) is 7.31. The molecule has 4 heteroatoms. The Hall–Kier alpha value is -3.27. The van der Waals surface area contributed by atoms with Gasteiger partial charge in [0.05, 0.1) is 0 Å². The Morgan fingerprint density at radius 2 is 1.69 bits per heavy atom. The maximum atomic E-state index is 11.8. The van der Waals surface area contributed by atoms with Gasteiger partial charge in [-0.15, -0.1) is 0 Å². The number of phenolic OH excluding ortho intramolecular Hbond substituents is 1. The van der Waals surface area contributed by atoms with Gasteiger partial charge in [0.1, 0.15) is 17.1 Å². The number of phenols is 2. The Balaban J connectivity index is 2.31. The first-order valence-corrected chi connectivity index (χ1v) is 9.62. The van der Waals surface area contributed by atoms with E-state index in [9.17, 15) is 20.1 Å². The maximum absolute atomic E-state index is 11.8. The number of aromatic hydroxyl groups is 2. The molecular weight excluding hydrogens is 364 g/mol. The molecule has 2 aromatic rings. The zero-order valence-electron chi connectivity index (χ0n) is 17.1. The van der Waals surface area contributed by atoms with E-state index in [1.807, 2.05) is 43.3 Å². The lowest BCUT2D eigenvalue weighted by molar-refractivity contribution is 0.0693. The lowest BCUT2D eigenvalue weighted by Crippen LogP contribution is -2.03. The van der Waals surface area contributed by atoms with Crippen LogP contribution in [0.1, 0.15) is 60.7 Å². The average Bonchev–Trinajstić information content (AvgIpc) is 2.66. The molecule has 0 spiro atoms. The van der Waals surface area contributed by atoms with Crippen molar-refractivity contribution in [1.29, 1.82) is 0 Å². The van der Waals surface area contributed by atoms with Crippen LogP contribution in [0.15, 0.2) is 59.7 Å². The summed E-state index contributed by atoms with van der Waals surface area (Å²) in [5, 5.41) is 30.6. The number of aromatic carboxylic acids is 1. The minimum atomic E-state index is -1.24. The van der Waals surface area contributed by atoms with Gasteiger partial charge in [0.25, 0.3) is 0 Å². The molecule has 2 rings (SSSR count). The van der Waals surface area contributed by atoms with Crippen LogP contribution in [0.5, 0.6) is 11.5 Å². The standard InChI is InChI=1S/C25H28O4/c1-17(2)8-7-9-18(3)12-15-21-22(26)16-20(23(24(21)27)25(28)29)14-13-19-10-5-4-6-11-19/h4-6,8,10-14,16,26-27H,7,9,15H2,1-3H3,(H,28,29)/b14-13-,18-12+. The molecule has 0 amide bonds. The summed E-state index contributed by atoms with van der Waals surface area (Å²) in [6.45, 7) is 6.09. The monoisotopic (exact) mass is 392 g/mol. The summed E-state index contributed by atoms with van der Waals surface area (Å²) in [6.07, 6.45) is 9.46. The van der Waals surface area contributed by atoms with Crippen molar-refractivity contribution in [3.63, 3.8) is 0 Å². The molecule has 4 nitrogen and oxygen atoms in total. The number of hydrogen-bond donors (Lipinski definition) is 3. The van der Waals surface area contributed by atoms with Crippen LogP contribution in [-0.4, -0.2) is 21.3 Å². The lowest BCUT2D eigenvalue weighted by Gasteiger charge is -2.12. The maximum Gasteiger partial charge on any atom is 0.340 e. The SMILES string of the molecule is CC(C)=CCC/C(C)=C/Cc1c(O)cc(/C=C\c2ccccc2)c(C(=O)O)c1O. The van der Waals surface area contributed by atoms with E-state index in [0.29, 0.717) is 0 Å². The van der Waals surface area contributed by atoms with Crippen molar-refractivity contribution in [1.82, 2.24) is 0 Å². The van der Waals surface area contributed by atoms with Crippen LogP contribution >= 0.6 is 0 Å². The first kappa shape index (κ1) is 22.0. The number of carboxylic acid groups (broad SMARTS) is 1. The highest BCUT2D eigenvalue weighted by molar-refractivity contribution is 5.97. The van der Waals surface area contributed by atoms with Crippen LogP contribution < -0.4 is 0 Å². The fraction of sp³-hybridized carbons (Fsp3) is 0.240. The summed E-state index contributed by atoms with van der Waals surface area (Å²) in [5.74, 6) is -1.74. The van der Waals surface area contributed by atoms with E-state index in [4.69, 9.17) is 0 Å². The summed E-state index contributed by atoms with van der Waals surface area (Å²) in [5.41, 5.74) is 3.54. The fourth-order valence-electron chi connectivity index (χ4n) is 2.99. The van der Waals surface area contributed by atoms with Crippen LogP contribution in [0.25, 0.3) is 12.2 Å². The van der Waals surface area contributed by atoms with Gasteiger partial charge in [-0.3, -0.25) is 0 Å². The molecule has 152 valence electrons. The van der Waals surface area contributed by atoms with Crippen molar-refractivity contribution < 1.29 is 20.1 Å². The van der Waals surface area contributed by atoms with E-state index >= 15 is 0 Å². The molecule has 0 aromatic heterocycles. The molecule has 0 bridgehead atoms. The Bertz CT molecular complexity index is 947. The Morgan fingerprint density at radius 1 is 1.00 bits per heavy atom. The number of hydrogen-bond acceptors (Lipinski definition) is 3. The number of carboxylic acids is 1. The largest absolute Gasteiger partial charge is 0.507 e. The summed E-state index contributed by atoms with van der Waals surface area (Å²) >= 11 is 0. The van der Waals surface area contributed by atoms with Crippen molar-refractivity contribution in [3.8, 4) is 11.5 Å². The van der Waals surface area contributed by atoms with Gasteiger partial charge in [-0.05, 0) is 57.2 Å². The van der Waals surface area contributed by atoms with Gasteiger partial charge in [0, 0.05) is 5.56 Å². The summed E-state index contributed by atoms with van der Waals surface area (Å²) < 4.78 is 0. The lowest BCUT2D eigenvalue weighted by atomic mass is 9.97. The van der Waals surface area contributed by atoms with Crippen molar-refractivity contribution in [2.75, 3.05) is 0 Å². The summed E-state index contributed by atoms with van der Waals surface area (Å²) in [4.78, 5) is 11.8. The predicted molar refractivity (Wildman–Crippen MR) is 118 cm³/mol. The molecule has 0 unspecified atom stereocenters. The van der Waals surface area contributed by atoms with E-state index < -0.39 is 11.7 Å². The van der Waals surface area contributed by atoms with Crippen LogP contribution in [0.4, 0.5) is 0 Å². The van der Waals surface area contributed by atoms with E-state index in [1.54, 1.807) is 12.2 Å². The van der Waals surface area contributed by atoms with Crippen LogP contribution in [0, 0.1) is 0 Å². The Morgan fingerprint density at radius 3 is 2.31 bits per heavy atom. The molecule has 0 saturated heterocycles. The molecule has 0 aliphatic rings. The topological polar surface area (TPSA) is 77.8 Å². The number of benzene rings is 2. The van der Waals surface area contributed by atoms with Gasteiger partial charge in [0.2, 0.25) is 0 Å². The van der Waals surface area contributed by atoms with E-state index in [2.05, 4.69) is 19.9 Å². The molecule has 0 fully saturated rings. The second-order valence-corrected chi connectivity index (χ2v) is 7.31. The normalized spacial score (nSPS) is 11.6. The molecule has 2 aromatic carbocycles. The molecule has 0 atom stereocenters. The summed E-state index contributed by atoms with van der Waals surface area (Å²) in [6, 6.07) is 10.8. The van der Waals surface area contributed by atoms with E-state index in [0.717, 1.165) is 24.0 Å². The number of rotatable bonds is 8. The number of allylic oxidation sites excluding steroid dienone is 4. The smallest absolute Gasteiger partial charge is 0.340 e. The van der Waals surface area contributed by atoms with E-state index in [-0.39, 0.29) is 28.9 Å². The highest BCUT2D eigenvalue weighted by Crippen LogP contribution is 2.35.